The lowest BCUT2D eigenvalue weighted by Gasteiger charge is -2.27. The Hall–Kier alpha value is -2.40. The number of amides is 1. The lowest BCUT2D eigenvalue weighted by atomic mass is 10.0. The molecule has 2 aromatic rings. The van der Waals surface area contributed by atoms with Gasteiger partial charge in [0.25, 0.3) is 0 Å². The van der Waals surface area contributed by atoms with Gasteiger partial charge in [-0.3, -0.25) is 9.69 Å². The highest BCUT2D eigenvalue weighted by molar-refractivity contribution is 5.87. The molecule has 0 fully saturated rings. The quantitative estimate of drug-likeness (QED) is 0.851. The molecule has 0 unspecified atom stereocenters. The van der Waals surface area contributed by atoms with Gasteiger partial charge in [-0.25, -0.2) is 4.68 Å². The van der Waals surface area contributed by atoms with Gasteiger partial charge in [0.05, 0.1) is 12.7 Å². The molecule has 0 bridgehead atoms. The highest BCUT2D eigenvalue weighted by atomic mass is 16.1. The van der Waals surface area contributed by atoms with Crippen LogP contribution in [0.25, 0.3) is 0 Å². The SMILES string of the molecule is CC(=O)Nc1ccnn1CC1=CCN(Cc2cc(C)ccc2C)CC1. The molecule has 0 spiro atoms. The van der Waals surface area contributed by atoms with E-state index in [1.54, 1.807) is 6.20 Å². The van der Waals surface area contributed by atoms with E-state index in [-0.39, 0.29) is 5.91 Å². The van der Waals surface area contributed by atoms with Crippen molar-refractivity contribution >= 4 is 11.7 Å². The number of aryl methyl sites for hydroxylation is 2. The minimum absolute atomic E-state index is 0.0703. The third kappa shape index (κ3) is 4.57. The fourth-order valence-corrected chi connectivity index (χ4v) is 3.19. The summed E-state index contributed by atoms with van der Waals surface area (Å²) >= 11 is 0. The molecular formula is C20H26N4O. The van der Waals surface area contributed by atoms with Gasteiger partial charge in [0, 0.05) is 32.6 Å². The molecule has 1 amide bonds. The van der Waals surface area contributed by atoms with Crippen LogP contribution in [0.5, 0.6) is 0 Å². The Morgan fingerprint density at radius 2 is 2.08 bits per heavy atom. The van der Waals surface area contributed by atoms with Gasteiger partial charge in [-0.1, -0.05) is 35.4 Å². The first-order valence-corrected chi connectivity index (χ1v) is 8.77. The van der Waals surface area contributed by atoms with Crippen molar-refractivity contribution in [2.75, 3.05) is 18.4 Å². The molecule has 1 N–H and O–H groups in total. The zero-order valence-corrected chi connectivity index (χ0v) is 15.2. The summed E-state index contributed by atoms with van der Waals surface area (Å²) in [4.78, 5) is 13.7. The zero-order chi connectivity index (χ0) is 17.8. The van der Waals surface area contributed by atoms with Crippen molar-refractivity contribution in [1.82, 2.24) is 14.7 Å². The van der Waals surface area contributed by atoms with Crippen molar-refractivity contribution in [3.05, 3.63) is 58.8 Å². The van der Waals surface area contributed by atoms with Crippen LogP contribution in [0.1, 0.15) is 30.0 Å². The second-order valence-corrected chi connectivity index (χ2v) is 6.83. The fourth-order valence-electron chi connectivity index (χ4n) is 3.19. The predicted octanol–water partition coefficient (Wildman–Crippen LogP) is 3.29. The summed E-state index contributed by atoms with van der Waals surface area (Å²) in [5.74, 6) is 0.685. The highest BCUT2D eigenvalue weighted by Crippen LogP contribution is 2.19. The van der Waals surface area contributed by atoms with E-state index in [1.165, 1.54) is 29.2 Å². The average Bonchev–Trinajstić information content (AvgIpc) is 2.99. The smallest absolute Gasteiger partial charge is 0.222 e. The maximum atomic E-state index is 11.3. The zero-order valence-electron chi connectivity index (χ0n) is 15.2. The van der Waals surface area contributed by atoms with Crippen molar-refractivity contribution in [3.63, 3.8) is 0 Å². The third-order valence-corrected chi connectivity index (χ3v) is 4.66. The Balaban J connectivity index is 1.60. The van der Waals surface area contributed by atoms with E-state index in [9.17, 15) is 4.79 Å². The molecule has 25 heavy (non-hydrogen) atoms. The molecule has 3 rings (SSSR count). The van der Waals surface area contributed by atoms with E-state index >= 15 is 0 Å². The molecule has 1 aromatic heterocycles. The van der Waals surface area contributed by atoms with Crippen molar-refractivity contribution in [1.29, 1.82) is 0 Å². The van der Waals surface area contributed by atoms with Crippen molar-refractivity contribution < 1.29 is 4.79 Å². The Morgan fingerprint density at radius 3 is 2.80 bits per heavy atom. The topological polar surface area (TPSA) is 50.2 Å². The van der Waals surface area contributed by atoms with Crippen LogP contribution >= 0.6 is 0 Å². The molecule has 0 aliphatic carbocycles. The van der Waals surface area contributed by atoms with Crippen molar-refractivity contribution in [2.24, 2.45) is 0 Å². The number of nitrogens with zero attached hydrogens (tertiary/aromatic N) is 3. The molecule has 132 valence electrons. The second kappa shape index (κ2) is 7.66. The predicted molar refractivity (Wildman–Crippen MR) is 100 cm³/mol. The highest BCUT2D eigenvalue weighted by Gasteiger charge is 2.14. The molecule has 0 radical (unpaired) electrons. The number of aromatic nitrogens is 2. The summed E-state index contributed by atoms with van der Waals surface area (Å²) in [5.41, 5.74) is 5.46. The summed E-state index contributed by atoms with van der Waals surface area (Å²) in [6.07, 6.45) is 5.06. The minimum Gasteiger partial charge on any atom is -0.311 e. The van der Waals surface area contributed by atoms with Crippen LogP contribution in [0.3, 0.4) is 0 Å². The molecular weight excluding hydrogens is 312 g/mol. The standard InChI is InChI=1S/C20H26N4O/c1-15-4-5-16(2)19(12-15)14-23-10-7-18(8-11-23)13-24-20(6-9-21-24)22-17(3)25/h4-7,9,12H,8,10-11,13-14H2,1-3H3,(H,22,25). The van der Waals surface area contributed by atoms with Crippen LogP contribution in [0.4, 0.5) is 5.82 Å². The van der Waals surface area contributed by atoms with Crippen LogP contribution in [-0.4, -0.2) is 33.7 Å². The molecule has 2 heterocycles. The van der Waals surface area contributed by atoms with Crippen LogP contribution in [0.2, 0.25) is 0 Å². The first-order valence-electron chi connectivity index (χ1n) is 8.77. The van der Waals surface area contributed by atoms with Gasteiger partial charge in [-0.05, 0) is 31.4 Å². The Morgan fingerprint density at radius 1 is 1.24 bits per heavy atom. The normalized spacial score (nSPS) is 15.1. The molecule has 0 atom stereocenters. The van der Waals surface area contributed by atoms with Gasteiger partial charge < -0.3 is 5.32 Å². The molecule has 5 heteroatoms. The molecule has 0 saturated heterocycles. The summed E-state index contributed by atoms with van der Waals surface area (Å²) in [6, 6.07) is 8.50. The summed E-state index contributed by atoms with van der Waals surface area (Å²) in [5, 5.41) is 7.14. The second-order valence-electron chi connectivity index (χ2n) is 6.83. The van der Waals surface area contributed by atoms with Crippen molar-refractivity contribution in [3.8, 4) is 0 Å². The van der Waals surface area contributed by atoms with E-state index < -0.39 is 0 Å². The van der Waals surface area contributed by atoms with Gasteiger partial charge in [0.1, 0.15) is 5.82 Å². The average molecular weight is 338 g/mol. The van der Waals surface area contributed by atoms with Gasteiger partial charge in [-0.2, -0.15) is 5.10 Å². The largest absolute Gasteiger partial charge is 0.311 e. The first-order chi connectivity index (χ1) is 12.0. The Bertz CT molecular complexity index is 791. The monoisotopic (exact) mass is 338 g/mol. The first kappa shape index (κ1) is 17.4. The van der Waals surface area contributed by atoms with Gasteiger partial charge in [-0.15, -0.1) is 0 Å². The fraction of sp³-hybridized carbons (Fsp3) is 0.400. The van der Waals surface area contributed by atoms with Crippen LogP contribution in [0, 0.1) is 13.8 Å². The van der Waals surface area contributed by atoms with E-state index in [1.807, 2.05) is 10.7 Å². The van der Waals surface area contributed by atoms with Crippen molar-refractivity contribution in [2.45, 2.75) is 40.3 Å². The number of hydrogen-bond donors (Lipinski definition) is 1. The molecule has 1 aliphatic heterocycles. The maximum Gasteiger partial charge on any atom is 0.222 e. The van der Waals surface area contributed by atoms with Gasteiger partial charge in [0.2, 0.25) is 5.91 Å². The minimum atomic E-state index is -0.0703. The van der Waals surface area contributed by atoms with E-state index in [4.69, 9.17) is 0 Å². The van der Waals surface area contributed by atoms with Crippen LogP contribution in [0.15, 0.2) is 42.1 Å². The lowest BCUT2D eigenvalue weighted by Crippen LogP contribution is -2.29. The molecule has 0 saturated carbocycles. The molecule has 1 aliphatic rings. The third-order valence-electron chi connectivity index (χ3n) is 4.66. The Labute approximate surface area is 149 Å². The van der Waals surface area contributed by atoms with E-state index in [2.05, 4.69) is 53.4 Å². The summed E-state index contributed by atoms with van der Waals surface area (Å²) in [6.45, 7) is 9.59. The number of benzene rings is 1. The summed E-state index contributed by atoms with van der Waals surface area (Å²) in [7, 11) is 0. The number of carbonyl (C=O) groups is 1. The van der Waals surface area contributed by atoms with E-state index in [0.717, 1.165) is 38.4 Å². The molecule has 5 nitrogen and oxygen atoms in total. The molecule has 1 aromatic carbocycles. The van der Waals surface area contributed by atoms with Crippen LogP contribution < -0.4 is 5.32 Å². The number of rotatable bonds is 5. The van der Waals surface area contributed by atoms with Crippen LogP contribution in [-0.2, 0) is 17.9 Å². The number of nitrogens with one attached hydrogen (secondary N) is 1. The maximum absolute atomic E-state index is 11.3. The summed E-state index contributed by atoms with van der Waals surface area (Å²) < 4.78 is 1.85. The number of carbonyl (C=O) groups excluding carboxylic acids is 1. The number of hydrogen-bond acceptors (Lipinski definition) is 3. The van der Waals surface area contributed by atoms with E-state index in [0.29, 0.717) is 0 Å². The van der Waals surface area contributed by atoms with Gasteiger partial charge in [0.15, 0.2) is 0 Å². The Kier molecular flexibility index (Phi) is 5.34. The lowest BCUT2D eigenvalue weighted by molar-refractivity contribution is -0.114. The van der Waals surface area contributed by atoms with Gasteiger partial charge >= 0.3 is 0 Å². The number of anilines is 1.